The second-order valence-corrected chi connectivity index (χ2v) is 6.74. The molecule has 2 N–H and O–H groups in total. The molecule has 0 bridgehead atoms. The molecule has 0 spiro atoms. The van der Waals surface area contributed by atoms with Crippen molar-refractivity contribution < 1.29 is 0 Å². The Balaban J connectivity index is 1.82. The van der Waals surface area contributed by atoms with Crippen LogP contribution in [0, 0.1) is 0 Å². The smallest absolute Gasteiger partial charge is 0.191 e. The summed E-state index contributed by atoms with van der Waals surface area (Å²) in [6, 6.07) is 7.39. The van der Waals surface area contributed by atoms with Crippen molar-refractivity contribution in [3.63, 3.8) is 0 Å². The number of anilines is 1. The first-order valence-corrected chi connectivity index (χ1v) is 8.33. The molecule has 0 aliphatic heterocycles. The second kappa shape index (κ2) is 5.77. The summed E-state index contributed by atoms with van der Waals surface area (Å²) in [7, 11) is 0. The third-order valence-corrected chi connectivity index (χ3v) is 5.00. The maximum Gasteiger partial charge on any atom is 0.191 e. The molecule has 2 heterocycles. The number of nitrogens with two attached hydrogens (primary N) is 1. The lowest BCUT2D eigenvalue weighted by atomic mass is 10.2. The molecule has 3 nitrogen and oxygen atoms in total. The van der Waals surface area contributed by atoms with Crippen LogP contribution in [-0.2, 0) is 5.75 Å². The molecular formula is C13H9Cl2N3S2. The van der Waals surface area contributed by atoms with Gasteiger partial charge in [0.15, 0.2) is 5.16 Å². The van der Waals surface area contributed by atoms with E-state index in [1.54, 1.807) is 17.4 Å². The van der Waals surface area contributed by atoms with Gasteiger partial charge >= 0.3 is 0 Å². The Morgan fingerprint density at radius 3 is 2.85 bits per heavy atom. The zero-order valence-corrected chi connectivity index (χ0v) is 13.3. The zero-order valence-electron chi connectivity index (χ0n) is 10.1. The van der Waals surface area contributed by atoms with Crippen molar-refractivity contribution in [2.75, 3.05) is 5.73 Å². The highest BCUT2D eigenvalue weighted by Crippen LogP contribution is 2.30. The van der Waals surface area contributed by atoms with E-state index >= 15 is 0 Å². The van der Waals surface area contributed by atoms with Crippen LogP contribution in [0.4, 0.5) is 5.82 Å². The van der Waals surface area contributed by atoms with E-state index in [0.29, 0.717) is 26.8 Å². The fourth-order valence-electron chi connectivity index (χ4n) is 1.70. The van der Waals surface area contributed by atoms with Crippen LogP contribution in [0.25, 0.3) is 10.2 Å². The number of halogens is 2. The second-order valence-electron chi connectivity index (χ2n) is 4.06. The maximum atomic E-state index is 6.14. The molecule has 102 valence electrons. The number of fused-ring (bicyclic) bond motifs is 1. The van der Waals surface area contributed by atoms with Crippen LogP contribution in [0.3, 0.4) is 0 Å². The van der Waals surface area contributed by atoms with Crippen molar-refractivity contribution in [2.45, 2.75) is 10.9 Å². The monoisotopic (exact) mass is 341 g/mol. The van der Waals surface area contributed by atoms with E-state index in [1.807, 2.05) is 23.6 Å². The molecule has 0 atom stereocenters. The minimum atomic E-state index is 0.515. The number of thioether (sulfide) groups is 1. The molecule has 7 heteroatoms. The average Bonchev–Trinajstić information content (AvgIpc) is 2.86. The van der Waals surface area contributed by atoms with E-state index in [-0.39, 0.29) is 0 Å². The number of thiophene rings is 1. The fraction of sp³-hybridized carbons (Fsp3) is 0.0769. The average molecular weight is 342 g/mol. The molecule has 20 heavy (non-hydrogen) atoms. The molecule has 0 fully saturated rings. The molecule has 0 aliphatic carbocycles. The highest BCUT2D eigenvalue weighted by atomic mass is 35.5. The Bertz CT molecular complexity index is 773. The van der Waals surface area contributed by atoms with E-state index in [0.717, 1.165) is 15.8 Å². The van der Waals surface area contributed by atoms with E-state index in [4.69, 9.17) is 28.9 Å². The highest BCUT2D eigenvalue weighted by molar-refractivity contribution is 7.98. The molecule has 0 saturated heterocycles. The van der Waals surface area contributed by atoms with Crippen molar-refractivity contribution in [2.24, 2.45) is 0 Å². The summed E-state index contributed by atoms with van der Waals surface area (Å²) in [5, 5.41) is 4.80. The molecule has 1 aromatic carbocycles. The van der Waals surface area contributed by atoms with Gasteiger partial charge in [-0.2, -0.15) is 0 Å². The van der Waals surface area contributed by atoms with Crippen LogP contribution in [0.2, 0.25) is 10.0 Å². The number of nitrogens with zero attached hydrogens (tertiary/aromatic N) is 2. The number of rotatable bonds is 3. The summed E-state index contributed by atoms with van der Waals surface area (Å²) in [5.74, 6) is 1.19. The normalized spacial score (nSPS) is 11.1. The van der Waals surface area contributed by atoms with Crippen molar-refractivity contribution in [3.8, 4) is 0 Å². The van der Waals surface area contributed by atoms with E-state index in [9.17, 15) is 0 Å². The molecule has 0 saturated carbocycles. The Morgan fingerprint density at radius 2 is 2.05 bits per heavy atom. The molecule has 0 amide bonds. The summed E-state index contributed by atoms with van der Waals surface area (Å²) in [6.07, 6.45) is 0. The number of hydrogen-bond donors (Lipinski definition) is 1. The molecule has 0 aliphatic rings. The first-order valence-electron chi connectivity index (χ1n) is 5.71. The van der Waals surface area contributed by atoms with Crippen molar-refractivity contribution in [1.29, 1.82) is 0 Å². The molecular weight excluding hydrogens is 333 g/mol. The Morgan fingerprint density at radius 1 is 1.20 bits per heavy atom. The summed E-state index contributed by atoms with van der Waals surface area (Å²) in [4.78, 5) is 9.69. The standard InChI is InChI=1S/C13H9Cl2N3S2/c14-8-2-1-7(10(15)5-8)6-20-13-17-11(16)9-3-4-19-12(9)18-13/h1-5H,6H2,(H2,16,17,18). The third kappa shape index (κ3) is 2.86. The van der Waals surface area contributed by atoms with Gasteiger partial charge in [-0.05, 0) is 29.1 Å². The van der Waals surface area contributed by atoms with Gasteiger partial charge in [0.1, 0.15) is 10.6 Å². The minimum Gasteiger partial charge on any atom is -0.383 e. The topological polar surface area (TPSA) is 51.8 Å². The van der Waals surface area contributed by atoms with Crippen molar-refractivity contribution in [3.05, 3.63) is 45.3 Å². The van der Waals surface area contributed by atoms with Gasteiger partial charge in [-0.15, -0.1) is 11.3 Å². The van der Waals surface area contributed by atoms with Crippen molar-refractivity contribution >= 4 is 62.3 Å². The number of aromatic nitrogens is 2. The Hall–Kier alpha value is -1.01. The van der Waals surface area contributed by atoms with Gasteiger partial charge in [-0.3, -0.25) is 0 Å². The molecule has 0 radical (unpaired) electrons. The van der Waals surface area contributed by atoms with Crippen LogP contribution in [-0.4, -0.2) is 9.97 Å². The lowest BCUT2D eigenvalue weighted by Gasteiger charge is -2.05. The predicted octanol–water partition coefficient (Wildman–Crippen LogP) is 4.87. The summed E-state index contributed by atoms with van der Waals surface area (Å²) < 4.78 is 0. The van der Waals surface area contributed by atoms with Gasteiger partial charge in [0, 0.05) is 15.8 Å². The van der Waals surface area contributed by atoms with Crippen molar-refractivity contribution in [1.82, 2.24) is 9.97 Å². The van der Waals surface area contributed by atoms with Crippen LogP contribution in [0.15, 0.2) is 34.8 Å². The van der Waals surface area contributed by atoms with E-state index in [1.165, 1.54) is 11.8 Å². The minimum absolute atomic E-state index is 0.515. The first kappa shape index (κ1) is 13.9. The highest BCUT2D eigenvalue weighted by Gasteiger charge is 2.08. The third-order valence-electron chi connectivity index (χ3n) is 2.71. The molecule has 0 unspecified atom stereocenters. The Labute approximate surface area is 134 Å². The zero-order chi connectivity index (χ0) is 14.1. The summed E-state index contributed by atoms with van der Waals surface area (Å²) in [6.45, 7) is 0. The Kier molecular flexibility index (Phi) is 4.03. The van der Waals surface area contributed by atoms with Crippen LogP contribution < -0.4 is 5.73 Å². The van der Waals surface area contributed by atoms with Gasteiger partial charge in [0.05, 0.1) is 5.39 Å². The van der Waals surface area contributed by atoms with Gasteiger partial charge in [0.2, 0.25) is 0 Å². The predicted molar refractivity (Wildman–Crippen MR) is 87.9 cm³/mol. The SMILES string of the molecule is Nc1nc(SCc2ccc(Cl)cc2Cl)nc2sccc12. The first-order chi connectivity index (χ1) is 9.63. The lowest BCUT2D eigenvalue weighted by molar-refractivity contribution is 1.02. The quantitative estimate of drug-likeness (QED) is 0.545. The van der Waals surface area contributed by atoms with E-state index in [2.05, 4.69) is 9.97 Å². The van der Waals surface area contributed by atoms with Crippen LogP contribution in [0.1, 0.15) is 5.56 Å². The van der Waals surface area contributed by atoms with Crippen LogP contribution in [0.5, 0.6) is 0 Å². The van der Waals surface area contributed by atoms with E-state index < -0.39 is 0 Å². The van der Waals surface area contributed by atoms with Gasteiger partial charge < -0.3 is 5.73 Å². The van der Waals surface area contributed by atoms with Gasteiger partial charge in [-0.25, -0.2) is 9.97 Å². The largest absolute Gasteiger partial charge is 0.383 e. The van der Waals surface area contributed by atoms with Gasteiger partial charge in [-0.1, -0.05) is 41.0 Å². The lowest BCUT2D eigenvalue weighted by Crippen LogP contribution is -1.95. The number of benzene rings is 1. The molecule has 2 aromatic heterocycles. The molecule has 3 aromatic rings. The van der Waals surface area contributed by atoms with Crippen LogP contribution >= 0.6 is 46.3 Å². The number of nitrogen functional groups attached to an aromatic ring is 1. The summed E-state index contributed by atoms with van der Waals surface area (Å²) >= 11 is 15.1. The molecule has 3 rings (SSSR count). The maximum absolute atomic E-state index is 6.14. The van der Waals surface area contributed by atoms with Gasteiger partial charge in [0.25, 0.3) is 0 Å². The summed E-state index contributed by atoms with van der Waals surface area (Å²) in [5.41, 5.74) is 6.91. The number of hydrogen-bond acceptors (Lipinski definition) is 5. The fourth-order valence-corrected chi connectivity index (χ4v) is 3.94.